The lowest BCUT2D eigenvalue weighted by Crippen LogP contribution is -2.41. The SMILES string of the molecule is CCCC(N)C(=O)NCCc1c(OC)cc(OC)cc1OC.Cl. The van der Waals surface area contributed by atoms with E-state index in [9.17, 15) is 4.79 Å². The highest BCUT2D eigenvalue weighted by atomic mass is 35.5. The molecule has 3 N–H and O–H groups in total. The van der Waals surface area contributed by atoms with E-state index in [1.807, 2.05) is 6.92 Å². The van der Waals surface area contributed by atoms with Crippen molar-refractivity contribution in [3.63, 3.8) is 0 Å². The molecule has 0 aliphatic heterocycles. The van der Waals surface area contributed by atoms with Gasteiger partial charge in [0.1, 0.15) is 17.2 Å². The second-order valence-corrected chi connectivity index (χ2v) is 4.95. The molecular weight excluding hydrogens is 320 g/mol. The molecule has 7 heteroatoms. The van der Waals surface area contributed by atoms with E-state index in [0.717, 1.165) is 12.0 Å². The number of hydrogen-bond acceptors (Lipinski definition) is 5. The average molecular weight is 347 g/mol. The maximum absolute atomic E-state index is 11.8. The van der Waals surface area contributed by atoms with E-state index in [-0.39, 0.29) is 18.3 Å². The molecule has 0 radical (unpaired) electrons. The van der Waals surface area contributed by atoms with E-state index < -0.39 is 6.04 Å². The van der Waals surface area contributed by atoms with Crippen molar-refractivity contribution in [3.05, 3.63) is 17.7 Å². The molecule has 132 valence electrons. The summed E-state index contributed by atoms with van der Waals surface area (Å²) in [5.41, 5.74) is 6.66. The fourth-order valence-corrected chi connectivity index (χ4v) is 2.21. The number of halogens is 1. The van der Waals surface area contributed by atoms with Crippen LogP contribution in [-0.4, -0.2) is 39.8 Å². The molecule has 0 heterocycles. The average Bonchev–Trinajstić information content (AvgIpc) is 2.54. The zero-order valence-corrected chi connectivity index (χ0v) is 15.0. The summed E-state index contributed by atoms with van der Waals surface area (Å²) in [5.74, 6) is 1.87. The van der Waals surface area contributed by atoms with E-state index in [0.29, 0.717) is 36.6 Å². The number of amides is 1. The Bertz CT molecular complexity index is 472. The molecule has 0 aliphatic rings. The lowest BCUT2D eigenvalue weighted by atomic mass is 10.1. The zero-order chi connectivity index (χ0) is 16.5. The van der Waals surface area contributed by atoms with Crippen molar-refractivity contribution < 1.29 is 19.0 Å². The number of methoxy groups -OCH3 is 3. The first-order valence-corrected chi connectivity index (χ1v) is 7.39. The summed E-state index contributed by atoms with van der Waals surface area (Å²) >= 11 is 0. The predicted molar refractivity (Wildman–Crippen MR) is 92.9 cm³/mol. The molecule has 1 rings (SSSR count). The van der Waals surface area contributed by atoms with Crippen molar-refractivity contribution in [1.82, 2.24) is 5.32 Å². The molecule has 1 unspecified atom stereocenters. The molecule has 0 aromatic heterocycles. The van der Waals surface area contributed by atoms with Gasteiger partial charge in [-0.1, -0.05) is 13.3 Å². The van der Waals surface area contributed by atoms with Crippen LogP contribution in [0.2, 0.25) is 0 Å². The third kappa shape index (κ3) is 6.15. The van der Waals surface area contributed by atoms with E-state index in [1.165, 1.54) is 0 Å². The molecule has 0 aliphatic carbocycles. The van der Waals surface area contributed by atoms with Crippen molar-refractivity contribution in [2.75, 3.05) is 27.9 Å². The Balaban J connectivity index is 0.00000484. The molecule has 0 saturated heterocycles. The van der Waals surface area contributed by atoms with E-state index in [2.05, 4.69) is 5.32 Å². The van der Waals surface area contributed by atoms with Crippen molar-refractivity contribution in [1.29, 1.82) is 0 Å². The van der Waals surface area contributed by atoms with Crippen LogP contribution in [0.3, 0.4) is 0 Å². The number of benzene rings is 1. The summed E-state index contributed by atoms with van der Waals surface area (Å²) in [6, 6.07) is 3.13. The van der Waals surface area contributed by atoms with Gasteiger partial charge in [0, 0.05) is 24.2 Å². The molecule has 1 amide bonds. The quantitative estimate of drug-likeness (QED) is 0.713. The summed E-state index contributed by atoms with van der Waals surface area (Å²) in [6.45, 7) is 2.47. The standard InChI is InChI=1S/C16H26N2O4.ClH/c1-5-6-13(17)16(19)18-8-7-12-14(21-3)9-11(20-2)10-15(12)22-4;/h9-10,13H,5-8,17H2,1-4H3,(H,18,19);1H. The van der Waals surface area contributed by atoms with E-state index >= 15 is 0 Å². The van der Waals surface area contributed by atoms with Crippen LogP contribution in [-0.2, 0) is 11.2 Å². The molecule has 0 spiro atoms. The molecule has 0 fully saturated rings. The molecule has 1 aromatic carbocycles. The minimum atomic E-state index is -0.454. The summed E-state index contributed by atoms with van der Waals surface area (Å²) in [6.07, 6.45) is 2.15. The largest absolute Gasteiger partial charge is 0.496 e. The van der Waals surface area contributed by atoms with Crippen LogP contribution in [0.4, 0.5) is 0 Å². The molecule has 0 saturated carbocycles. The van der Waals surface area contributed by atoms with Gasteiger partial charge in [-0.25, -0.2) is 0 Å². The van der Waals surface area contributed by atoms with Crippen molar-refractivity contribution in [3.8, 4) is 17.2 Å². The lowest BCUT2D eigenvalue weighted by molar-refractivity contribution is -0.122. The molecule has 0 bridgehead atoms. The van der Waals surface area contributed by atoms with Gasteiger partial charge in [-0.3, -0.25) is 4.79 Å². The molecular formula is C16H27ClN2O4. The van der Waals surface area contributed by atoms with Gasteiger partial charge in [0.2, 0.25) is 5.91 Å². The summed E-state index contributed by atoms with van der Waals surface area (Å²) in [4.78, 5) is 11.8. The van der Waals surface area contributed by atoms with Crippen molar-refractivity contribution in [2.45, 2.75) is 32.2 Å². The maximum Gasteiger partial charge on any atom is 0.236 e. The van der Waals surface area contributed by atoms with Gasteiger partial charge in [0.25, 0.3) is 0 Å². The topological polar surface area (TPSA) is 82.8 Å². The maximum atomic E-state index is 11.8. The molecule has 1 aromatic rings. The van der Waals surface area contributed by atoms with Crippen LogP contribution in [0.1, 0.15) is 25.3 Å². The van der Waals surface area contributed by atoms with Crippen LogP contribution in [0.5, 0.6) is 17.2 Å². The number of nitrogens with one attached hydrogen (secondary N) is 1. The fraction of sp³-hybridized carbons (Fsp3) is 0.562. The highest BCUT2D eigenvalue weighted by Crippen LogP contribution is 2.34. The van der Waals surface area contributed by atoms with Gasteiger partial charge >= 0.3 is 0 Å². The Kier molecular flexibility index (Phi) is 10.2. The van der Waals surface area contributed by atoms with Gasteiger partial charge in [-0.2, -0.15) is 0 Å². The predicted octanol–water partition coefficient (Wildman–Crippen LogP) is 1.92. The highest BCUT2D eigenvalue weighted by Gasteiger charge is 2.15. The van der Waals surface area contributed by atoms with Gasteiger partial charge < -0.3 is 25.3 Å². The Morgan fingerprint density at radius 1 is 1.17 bits per heavy atom. The van der Waals surface area contributed by atoms with Gasteiger partial charge in [0.15, 0.2) is 0 Å². The highest BCUT2D eigenvalue weighted by molar-refractivity contribution is 5.85. The normalized spacial score (nSPS) is 11.2. The monoisotopic (exact) mass is 346 g/mol. The van der Waals surface area contributed by atoms with Crippen LogP contribution in [0, 0.1) is 0 Å². The van der Waals surface area contributed by atoms with Crippen molar-refractivity contribution in [2.24, 2.45) is 5.73 Å². The third-order valence-corrected chi connectivity index (χ3v) is 3.43. The Labute approximate surface area is 144 Å². The summed E-state index contributed by atoms with van der Waals surface area (Å²) < 4.78 is 16.0. The summed E-state index contributed by atoms with van der Waals surface area (Å²) in [5, 5.41) is 2.84. The molecule has 6 nitrogen and oxygen atoms in total. The zero-order valence-electron chi connectivity index (χ0n) is 14.2. The van der Waals surface area contributed by atoms with Crippen LogP contribution in [0.25, 0.3) is 0 Å². The third-order valence-electron chi connectivity index (χ3n) is 3.43. The first kappa shape index (κ1) is 21.3. The Hall–Kier alpha value is -1.66. The fourth-order valence-electron chi connectivity index (χ4n) is 2.21. The van der Waals surface area contributed by atoms with Crippen LogP contribution >= 0.6 is 12.4 Å². The van der Waals surface area contributed by atoms with Gasteiger partial charge in [-0.05, 0) is 12.8 Å². The number of carbonyl (C=O) groups is 1. The summed E-state index contributed by atoms with van der Waals surface area (Å²) in [7, 11) is 4.77. The number of rotatable bonds is 9. The lowest BCUT2D eigenvalue weighted by Gasteiger charge is -2.16. The first-order chi connectivity index (χ1) is 10.6. The number of carbonyl (C=O) groups excluding carboxylic acids is 1. The number of nitrogens with two attached hydrogens (primary N) is 1. The smallest absolute Gasteiger partial charge is 0.236 e. The van der Waals surface area contributed by atoms with Gasteiger partial charge in [-0.15, -0.1) is 12.4 Å². The van der Waals surface area contributed by atoms with E-state index in [1.54, 1.807) is 33.5 Å². The molecule has 1 atom stereocenters. The molecule has 23 heavy (non-hydrogen) atoms. The number of ether oxygens (including phenoxy) is 3. The first-order valence-electron chi connectivity index (χ1n) is 7.39. The van der Waals surface area contributed by atoms with Crippen molar-refractivity contribution >= 4 is 18.3 Å². The van der Waals surface area contributed by atoms with Gasteiger partial charge in [0.05, 0.1) is 27.4 Å². The number of hydrogen-bond donors (Lipinski definition) is 2. The van der Waals surface area contributed by atoms with Crippen LogP contribution < -0.4 is 25.3 Å². The minimum Gasteiger partial charge on any atom is -0.496 e. The Morgan fingerprint density at radius 3 is 2.17 bits per heavy atom. The second kappa shape index (κ2) is 11.0. The van der Waals surface area contributed by atoms with Crippen LogP contribution in [0.15, 0.2) is 12.1 Å². The Morgan fingerprint density at radius 2 is 1.74 bits per heavy atom. The van der Waals surface area contributed by atoms with E-state index in [4.69, 9.17) is 19.9 Å². The second-order valence-electron chi connectivity index (χ2n) is 4.95. The minimum absolute atomic E-state index is 0.